The molecule has 3 N–H and O–H groups in total. The van der Waals surface area contributed by atoms with Crippen molar-refractivity contribution in [2.24, 2.45) is 17.6 Å². The van der Waals surface area contributed by atoms with Crippen molar-refractivity contribution in [2.75, 3.05) is 0 Å². The van der Waals surface area contributed by atoms with Gasteiger partial charge in [0.25, 0.3) is 0 Å². The number of nitrogens with zero attached hydrogens (tertiary/aromatic N) is 3. The molecule has 8 nitrogen and oxygen atoms in total. The molecule has 2 aliphatic rings. The zero-order chi connectivity index (χ0) is 26.2. The summed E-state index contributed by atoms with van der Waals surface area (Å²) >= 11 is 0. The van der Waals surface area contributed by atoms with Crippen LogP contribution >= 0.6 is 0 Å². The second kappa shape index (κ2) is 10.2. The second-order valence-electron chi connectivity index (χ2n) is 11.5. The highest BCUT2D eigenvalue weighted by Crippen LogP contribution is 2.43. The third kappa shape index (κ3) is 5.88. The largest absolute Gasteiger partial charge is 0.444 e. The Kier molecular flexibility index (Phi) is 7.41. The normalized spacial score (nSPS) is 22.2. The van der Waals surface area contributed by atoms with Gasteiger partial charge >= 0.3 is 6.09 Å². The zero-order valence-electron chi connectivity index (χ0n) is 21.8. The highest BCUT2D eigenvalue weighted by Gasteiger charge is 2.52. The minimum atomic E-state index is -0.786. The van der Waals surface area contributed by atoms with Crippen molar-refractivity contribution >= 4 is 12.0 Å². The smallest absolute Gasteiger partial charge is 0.411 e. The highest BCUT2D eigenvalue weighted by molar-refractivity contribution is 5.87. The lowest BCUT2D eigenvalue weighted by Gasteiger charge is -2.36. The molecular formula is C27H38FN5O3. The molecule has 1 aliphatic carbocycles. The highest BCUT2D eigenvalue weighted by atomic mass is 19.1. The number of likely N-dealkylation sites (tertiary alicyclic amines) is 1. The first-order valence-corrected chi connectivity index (χ1v) is 12.8. The maximum absolute atomic E-state index is 14.9. The third-order valence-electron chi connectivity index (χ3n) is 6.80. The average molecular weight is 500 g/mol. The molecule has 1 aliphatic heterocycles. The maximum atomic E-state index is 14.9. The fraction of sp³-hybridized carbons (Fsp3) is 0.593. The summed E-state index contributed by atoms with van der Waals surface area (Å²) in [5, 5.41) is 7.15. The molecule has 2 aromatic rings. The minimum Gasteiger partial charge on any atom is -0.444 e. The Bertz CT molecular complexity index is 1110. The van der Waals surface area contributed by atoms with Gasteiger partial charge < -0.3 is 15.8 Å². The molecule has 2 bridgehead atoms. The van der Waals surface area contributed by atoms with Crippen LogP contribution < -0.4 is 11.1 Å². The molecule has 36 heavy (non-hydrogen) atoms. The van der Waals surface area contributed by atoms with Gasteiger partial charge in [-0.3, -0.25) is 14.4 Å². The number of ether oxygens (including phenoxy) is 1. The number of fused-ring (bicyclic) bond motifs is 2. The predicted molar refractivity (Wildman–Crippen MR) is 135 cm³/mol. The Hall–Kier alpha value is -2.94. The number of hydrogen-bond acceptors (Lipinski definition) is 5. The predicted octanol–water partition coefficient (Wildman–Crippen LogP) is 4.08. The molecule has 0 spiro atoms. The molecule has 1 aromatic heterocycles. The van der Waals surface area contributed by atoms with Crippen molar-refractivity contribution in [3.05, 3.63) is 42.0 Å². The van der Waals surface area contributed by atoms with Crippen molar-refractivity contribution in [2.45, 2.75) is 90.7 Å². The van der Waals surface area contributed by atoms with E-state index < -0.39 is 23.9 Å². The number of carbonyl (C=O) groups is 2. The van der Waals surface area contributed by atoms with E-state index in [2.05, 4.69) is 24.3 Å². The summed E-state index contributed by atoms with van der Waals surface area (Å²) in [6, 6.07) is 4.40. The number of rotatable bonds is 7. The minimum absolute atomic E-state index is 0.00621. The van der Waals surface area contributed by atoms with Crippen LogP contribution in [0.25, 0.3) is 11.1 Å². The Morgan fingerprint density at radius 2 is 2.00 bits per heavy atom. The molecule has 9 heteroatoms. The monoisotopic (exact) mass is 499 g/mol. The Labute approximate surface area is 212 Å². The van der Waals surface area contributed by atoms with E-state index in [9.17, 15) is 14.0 Å². The van der Waals surface area contributed by atoms with Crippen molar-refractivity contribution in [3.8, 4) is 11.1 Å². The standard InChI is InChI=1S/C27H38FN5O3/c1-16(2)14-32-15-20(13-30-32)17-6-7-18(22(28)11-17)12-23(29)31-25(34)24-19-8-9-21(10-19)33(24)26(35)36-27(3,4)5/h6-7,11,13,15-16,19,21,23-24H,8-10,12,14,29H2,1-5H3,(H,31,34). The number of benzene rings is 1. The molecule has 4 rings (SSSR count). The Morgan fingerprint density at radius 1 is 1.25 bits per heavy atom. The van der Waals surface area contributed by atoms with E-state index in [0.717, 1.165) is 36.9 Å². The van der Waals surface area contributed by atoms with Gasteiger partial charge in [0.1, 0.15) is 17.5 Å². The molecule has 1 aromatic carbocycles. The molecule has 4 atom stereocenters. The first kappa shape index (κ1) is 26.1. The number of piperidine rings is 1. The van der Waals surface area contributed by atoms with Crippen molar-refractivity contribution in [1.29, 1.82) is 0 Å². The van der Waals surface area contributed by atoms with E-state index >= 15 is 0 Å². The maximum Gasteiger partial charge on any atom is 0.411 e. The van der Waals surface area contributed by atoms with Gasteiger partial charge in [-0.1, -0.05) is 26.0 Å². The van der Waals surface area contributed by atoms with E-state index in [0.29, 0.717) is 11.5 Å². The number of nitrogens with two attached hydrogens (primary N) is 1. The Balaban J connectivity index is 1.39. The fourth-order valence-electron chi connectivity index (χ4n) is 5.34. The molecule has 1 saturated heterocycles. The lowest BCUT2D eigenvalue weighted by molar-refractivity contribution is -0.128. The summed E-state index contributed by atoms with van der Waals surface area (Å²) < 4.78 is 22.3. The summed E-state index contributed by atoms with van der Waals surface area (Å²) in [4.78, 5) is 27.6. The van der Waals surface area contributed by atoms with Gasteiger partial charge in [0.05, 0.1) is 12.4 Å². The second-order valence-corrected chi connectivity index (χ2v) is 11.5. The van der Waals surface area contributed by atoms with Gasteiger partial charge in [-0.2, -0.15) is 5.10 Å². The lowest BCUT2D eigenvalue weighted by Crippen LogP contribution is -2.57. The lowest BCUT2D eigenvalue weighted by atomic mass is 9.97. The van der Waals surface area contributed by atoms with Crippen molar-refractivity contribution in [3.63, 3.8) is 0 Å². The summed E-state index contributed by atoms with van der Waals surface area (Å²) in [6.45, 7) is 10.4. The van der Waals surface area contributed by atoms with Crippen LogP contribution in [0.1, 0.15) is 59.4 Å². The third-order valence-corrected chi connectivity index (χ3v) is 6.80. The number of amides is 2. The van der Waals surface area contributed by atoms with E-state index in [1.54, 1.807) is 17.2 Å². The Morgan fingerprint density at radius 3 is 2.67 bits per heavy atom. The van der Waals surface area contributed by atoms with Crippen LogP contribution in [0.2, 0.25) is 0 Å². The van der Waals surface area contributed by atoms with Gasteiger partial charge in [0.15, 0.2) is 0 Å². The fourth-order valence-corrected chi connectivity index (χ4v) is 5.34. The van der Waals surface area contributed by atoms with Crippen LogP contribution in [0.4, 0.5) is 9.18 Å². The number of halogens is 1. The van der Waals surface area contributed by atoms with Gasteiger partial charge in [-0.15, -0.1) is 0 Å². The molecular weight excluding hydrogens is 461 g/mol. The van der Waals surface area contributed by atoms with Crippen LogP contribution in [0.5, 0.6) is 0 Å². The zero-order valence-corrected chi connectivity index (χ0v) is 21.8. The first-order chi connectivity index (χ1) is 16.9. The van der Waals surface area contributed by atoms with Gasteiger partial charge in [0, 0.05) is 30.8 Å². The van der Waals surface area contributed by atoms with Crippen molar-refractivity contribution in [1.82, 2.24) is 20.0 Å². The molecule has 196 valence electrons. The van der Waals surface area contributed by atoms with E-state index in [1.807, 2.05) is 37.7 Å². The topological polar surface area (TPSA) is 102 Å². The molecule has 0 radical (unpaired) electrons. The van der Waals surface area contributed by atoms with E-state index in [1.165, 1.54) is 6.07 Å². The molecule has 2 fully saturated rings. The van der Waals surface area contributed by atoms with Crippen LogP contribution in [-0.2, 0) is 22.5 Å². The number of nitrogens with one attached hydrogen (secondary N) is 1. The molecule has 4 unspecified atom stereocenters. The van der Waals surface area contributed by atoms with Gasteiger partial charge in [-0.25, -0.2) is 9.18 Å². The molecule has 2 amide bonds. The number of aromatic nitrogens is 2. The number of carbonyl (C=O) groups excluding carboxylic acids is 2. The van der Waals surface area contributed by atoms with Crippen LogP contribution in [-0.4, -0.2) is 50.5 Å². The van der Waals surface area contributed by atoms with Crippen LogP contribution in [0, 0.1) is 17.7 Å². The summed E-state index contributed by atoms with van der Waals surface area (Å²) in [5.41, 5.74) is 7.57. The van der Waals surface area contributed by atoms with Gasteiger partial charge in [0.2, 0.25) is 5.91 Å². The van der Waals surface area contributed by atoms with E-state index in [-0.39, 0.29) is 30.1 Å². The molecule has 1 saturated carbocycles. The summed E-state index contributed by atoms with van der Waals surface area (Å²) in [7, 11) is 0. The number of hydrogen-bond donors (Lipinski definition) is 2. The average Bonchev–Trinajstić information content (AvgIpc) is 3.49. The summed E-state index contributed by atoms with van der Waals surface area (Å²) in [6.07, 6.45) is 5.07. The van der Waals surface area contributed by atoms with Gasteiger partial charge in [-0.05, 0) is 69.1 Å². The van der Waals surface area contributed by atoms with Crippen LogP contribution in [0.3, 0.4) is 0 Å². The SMILES string of the molecule is CC(C)Cn1cc(-c2ccc(CC(N)NC(=O)C3C4CCC(C4)N3C(=O)OC(C)(C)C)c(F)c2)cn1. The first-order valence-electron chi connectivity index (χ1n) is 12.8. The molecule has 2 heterocycles. The van der Waals surface area contributed by atoms with Crippen molar-refractivity contribution < 1.29 is 18.7 Å². The quantitative estimate of drug-likeness (QED) is 0.559. The van der Waals surface area contributed by atoms with E-state index in [4.69, 9.17) is 10.5 Å². The van der Waals surface area contributed by atoms with Crippen LogP contribution in [0.15, 0.2) is 30.6 Å². The summed E-state index contributed by atoms with van der Waals surface area (Å²) in [5.74, 6) is -0.147.